The summed E-state index contributed by atoms with van der Waals surface area (Å²) in [5.41, 5.74) is 0.958. The van der Waals surface area contributed by atoms with Crippen LogP contribution in [-0.4, -0.2) is 28.2 Å². The third-order valence-corrected chi connectivity index (χ3v) is 2.91. The van der Waals surface area contributed by atoms with E-state index in [0.717, 1.165) is 10.7 Å². The number of aromatic nitrogens is 1. The highest BCUT2D eigenvalue weighted by Gasteiger charge is 2.08. The van der Waals surface area contributed by atoms with Crippen LogP contribution in [0.2, 0.25) is 0 Å². The van der Waals surface area contributed by atoms with Crippen LogP contribution in [0.5, 0.6) is 0 Å². The predicted octanol–water partition coefficient (Wildman–Crippen LogP) is 1.80. The molecule has 0 aliphatic heterocycles. The molecule has 0 atom stereocenters. The van der Waals surface area contributed by atoms with E-state index in [-0.39, 0.29) is 5.91 Å². The largest absolute Gasteiger partial charge is 0.339 e. The van der Waals surface area contributed by atoms with Gasteiger partial charge in [-0.25, -0.2) is 4.98 Å². The monoisotopic (exact) mass is 262 g/mol. The number of hydrogen-bond donors (Lipinski definition) is 0. The van der Waals surface area contributed by atoms with Gasteiger partial charge in [0.15, 0.2) is 0 Å². The second-order valence-electron chi connectivity index (χ2n) is 2.74. The lowest BCUT2D eigenvalue weighted by Crippen LogP contribution is -2.27. The van der Waals surface area contributed by atoms with Gasteiger partial charge in [0.2, 0.25) is 5.91 Å². The number of alkyl halides is 1. The summed E-state index contributed by atoms with van der Waals surface area (Å²) < 4.78 is 0. The molecule has 1 rings (SSSR count). The van der Waals surface area contributed by atoms with E-state index < -0.39 is 0 Å². The third kappa shape index (κ3) is 3.08. The zero-order valence-electron chi connectivity index (χ0n) is 7.58. The number of carbonyl (C=O) groups is 1. The second kappa shape index (κ2) is 4.72. The Kier molecular flexibility index (Phi) is 3.87. The molecule has 0 aliphatic rings. The predicted molar refractivity (Wildman–Crippen MR) is 57.1 cm³/mol. The van der Waals surface area contributed by atoms with E-state index >= 15 is 0 Å². The van der Waals surface area contributed by atoms with Crippen LogP contribution in [0.15, 0.2) is 5.38 Å². The maximum atomic E-state index is 11.2. The van der Waals surface area contributed by atoms with Crippen molar-refractivity contribution in [1.82, 2.24) is 9.88 Å². The molecule has 0 aliphatic carbocycles. The van der Waals surface area contributed by atoms with Crippen molar-refractivity contribution in [2.24, 2.45) is 0 Å². The topological polar surface area (TPSA) is 33.2 Å². The number of hydrogen-bond acceptors (Lipinski definition) is 3. The summed E-state index contributed by atoms with van der Waals surface area (Å²) in [6, 6.07) is 0. The molecule has 1 aromatic heterocycles. The van der Waals surface area contributed by atoms with Crippen LogP contribution in [0.1, 0.15) is 10.7 Å². The molecule has 3 nitrogen and oxygen atoms in total. The molecule has 1 aromatic rings. The molecule has 1 amide bonds. The maximum absolute atomic E-state index is 11.2. The number of rotatable bonds is 3. The molecule has 0 unspecified atom stereocenters. The molecule has 13 heavy (non-hydrogen) atoms. The summed E-state index contributed by atoms with van der Waals surface area (Å²) in [5, 5.41) is 3.38. The van der Waals surface area contributed by atoms with Crippen LogP contribution >= 0.6 is 27.3 Å². The van der Waals surface area contributed by atoms with E-state index in [4.69, 9.17) is 0 Å². The Balaban J connectivity index is 2.54. The number of nitrogens with zero attached hydrogens (tertiary/aromatic N) is 2. The molecule has 72 valence electrons. The smallest absolute Gasteiger partial charge is 0.233 e. The Hall–Kier alpha value is -0.420. The van der Waals surface area contributed by atoms with Crippen molar-refractivity contribution in [3.05, 3.63) is 16.1 Å². The Bertz CT molecular complexity index is 300. The van der Waals surface area contributed by atoms with Gasteiger partial charge in [0.05, 0.1) is 22.6 Å². The summed E-state index contributed by atoms with van der Waals surface area (Å²) in [7, 11) is 1.78. The van der Waals surface area contributed by atoms with Crippen LogP contribution < -0.4 is 0 Å². The minimum absolute atomic E-state index is 0.0747. The van der Waals surface area contributed by atoms with Crippen molar-refractivity contribution in [2.75, 3.05) is 12.4 Å². The average molecular weight is 263 g/mol. The van der Waals surface area contributed by atoms with Crippen molar-refractivity contribution in [3.8, 4) is 0 Å². The molecule has 1 heterocycles. The zero-order chi connectivity index (χ0) is 9.84. The van der Waals surface area contributed by atoms with E-state index in [0.29, 0.717) is 11.9 Å². The lowest BCUT2D eigenvalue weighted by molar-refractivity contribution is -0.127. The van der Waals surface area contributed by atoms with Gasteiger partial charge in [-0.1, -0.05) is 15.9 Å². The summed E-state index contributed by atoms with van der Waals surface area (Å²) >= 11 is 4.73. The first-order valence-corrected chi connectivity index (χ1v) is 5.84. The van der Waals surface area contributed by atoms with E-state index in [1.54, 1.807) is 23.3 Å². The number of amides is 1. The van der Waals surface area contributed by atoms with Gasteiger partial charge in [-0.15, -0.1) is 11.3 Å². The zero-order valence-corrected chi connectivity index (χ0v) is 9.98. The summed E-state index contributed by atoms with van der Waals surface area (Å²) in [4.78, 5) is 17.1. The average Bonchev–Trinajstić information content (AvgIpc) is 2.49. The highest BCUT2D eigenvalue weighted by atomic mass is 79.9. The van der Waals surface area contributed by atoms with Crippen LogP contribution in [-0.2, 0) is 11.3 Å². The Morgan fingerprint density at radius 3 is 2.92 bits per heavy atom. The number of thiazole rings is 1. The van der Waals surface area contributed by atoms with Crippen molar-refractivity contribution in [3.63, 3.8) is 0 Å². The van der Waals surface area contributed by atoms with E-state index in [1.807, 2.05) is 12.3 Å². The third-order valence-electron chi connectivity index (χ3n) is 1.61. The van der Waals surface area contributed by atoms with Gasteiger partial charge in [-0.3, -0.25) is 4.79 Å². The van der Waals surface area contributed by atoms with E-state index in [2.05, 4.69) is 20.9 Å². The van der Waals surface area contributed by atoms with Gasteiger partial charge < -0.3 is 4.90 Å². The van der Waals surface area contributed by atoms with Crippen molar-refractivity contribution >= 4 is 33.2 Å². The summed E-state index contributed by atoms with van der Waals surface area (Å²) in [5.74, 6) is 0.0747. The van der Waals surface area contributed by atoms with Crippen LogP contribution in [0.25, 0.3) is 0 Å². The SMILES string of the molecule is Cc1nc(CN(C)C(=O)CBr)cs1. The highest BCUT2D eigenvalue weighted by molar-refractivity contribution is 9.09. The molecular formula is C8H11BrN2OS. The lowest BCUT2D eigenvalue weighted by Gasteiger charge is -2.13. The number of halogens is 1. The first-order chi connectivity index (χ1) is 6.13. The number of carbonyl (C=O) groups excluding carboxylic acids is 1. The molecule has 0 fully saturated rings. The second-order valence-corrected chi connectivity index (χ2v) is 4.36. The molecule has 0 saturated carbocycles. The van der Waals surface area contributed by atoms with Gasteiger partial charge in [0.1, 0.15) is 0 Å². The van der Waals surface area contributed by atoms with Crippen molar-refractivity contribution in [1.29, 1.82) is 0 Å². The fourth-order valence-corrected chi connectivity index (χ4v) is 1.95. The van der Waals surface area contributed by atoms with Crippen molar-refractivity contribution < 1.29 is 4.79 Å². The highest BCUT2D eigenvalue weighted by Crippen LogP contribution is 2.09. The lowest BCUT2D eigenvalue weighted by atomic mass is 10.4. The fraction of sp³-hybridized carbons (Fsp3) is 0.500. The molecule has 0 aromatic carbocycles. The van der Waals surface area contributed by atoms with Gasteiger partial charge in [-0.05, 0) is 6.92 Å². The molecule has 0 saturated heterocycles. The Morgan fingerprint density at radius 1 is 1.77 bits per heavy atom. The first-order valence-electron chi connectivity index (χ1n) is 3.84. The fourth-order valence-electron chi connectivity index (χ4n) is 0.914. The molecule has 0 bridgehead atoms. The Morgan fingerprint density at radius 2 is 2.46 bits per heavy atom. The van der Waals surface area contributed by atoms with Crippen LogP contribution in [0.4, 0.5) is 0 Å². The number of aryl methyl sites for hydroxylation is 1. The van der Waals surface area contributed by atoms with E-state index in [1.165, 1.54) is 0 Å². The Labute approximate surface area is 89.9 Å². The standard InChI is InChI=1S/C8H11BrN2OS/c1-6-10-7(5-13-6)4-11(2)8(12)3-9/h5H,3-4H2,1-2H3. The molecule has 0 N–H and O–H groups in total. The summed E-state index contributed by atoms with van der Waals surface area (Å²) in [6.07, 6.45) is 0. The quantitative estimate of drug-likeness (QED) is 0.779. The molecule has 0 radical (unpaired) electrons. The van der Waals surface area contributed by atoms with Gasteiger partial charge in [0.25, 0.3) is 0 Å². The van der Waals surface area contributed by atoms with Crippen molar-refractivity contribution in [2.45, 2.75) is 13.5 Å². The van der Waals surface area contributed by atoms with Crippen LogP contribution in [0, 0.1) is 6.92 Å². The van der Waals surface area contributed by atoms with Gasteiger partial charge >= 0.3 is 0 Å². The maximum Gasteiger partial charge on any atom is 0.233 e. The van der Waals surface area contributed by atoms with Crippen LogP contribution in [0.3, 0.4) is 0 Å². The minimum atomic E-state index is 0.0747. The minimum Gasteiger partial charge on any atom is -0.339 e. The first kappa shape index (κ1) is 10.7. The normalized spacial score (nSPS) is 10.1. The molecule has 0 spiro atoms. The van der Waals surface area contributed by atoms with E-state index in [9.17, 15) is 4.79 Å². The van der Waals surface area contributed by atoms with Gasteiger partial charge in [0, 0.05) is 12.4 Å². The molecular weight excluding hydrogens is 252 g/mol. The van der Waals surface area contributed by atoms with Gasteiger partial charge in [-0.2, -0.15) is 0 Å². The molecule has 5 heteroatoms. The summed E-state index contributed by atoms with van der Waals surface area (Å²) in [6.45, 7) is 2.55.